The van der Waals surface area contributed by atoms with Crippen LogP contribution in [0.15, 0.2) is 12.1 Å². The summed E-state index contributed by atoms with van der Waals surface area (Å²) in [6.45, 7) is 6.09. The predicted molar refractivity (Wildman–Crippen MR) is 60.7 cm³/mol. The number of aromatic nitrogens is 3. The number of aryl methyl sites for hydroxylation is 3. The lowest BCUT2D eigenvalue weighted by Gasteiger charge is -2.08. The minimum Gasteiger partial charge on any atom is -0.196 e. The molecule has 4 nitrogen and oxygen atoms in total. The molecule has 1 heterocycles. The summed E-state index contributed by atoms with van der Waals surface area (Å²) in [6, 6.07) is 6.20. The Kier molecular flexibility index (Phi) is 2.45. The van der Waals surface area contributed by atoms with Gasteiger partial charge in [-0.1, -0.05) is 17.7 Å². The maximum atomic E-state index is 8.93. The lowest BCUT2D eigenvalue weighted by Crippen LogP contribution is -1.92. The molecule has 4 heteroatoms. The van der Waals surface area contributed by atoms with Crippen LogP contribution >= 0.6 is 0 Å². The summed E-state index contributed by atoms with van der Waals surface area (Å²) in [7, 11) is 0. The molecule has 80 valence electrons. The van der Waals surface area contributed by atoms with E-state index in [9.17, 15) is 0 Å². The third kappa shape index (κ3) is 1.57. The highest BCUT2D eigenvalue weighted by molar-refractivity contribution is 5.71. The Balaban J connectivity index is 2.70. The Morgan fingerprint density at radius 3 is 2.31 bits per heavy atom. The monoisotopic (exact) mass is 212 g/mol. The number of aromatic amines is 1. The third-order valence-corrected chi connectivity index (χ3v) is 2.57. The van der Waals surface area contributed by atoms with Crippen molar-refractivity contribution < 1.29 is 0 Å². The summed E-state index contributed by atoms with van der Waals surface area (Å²) in [5, 5.41) is 19.3. The van der Waals surface area contributed by atoms with E-state index in [1.165, 1.54) is 5.56 Å². The van der Waals surface area contributed by atoms with Crippen LogP contribution in [0.25, 0.3) is 11.3 Å². The van der Waals surface area contributed by atoms with Crippen LogP contribution in [0.3, 0.4) is 0 Å². The fourth-order valence-electron chi connectivity index (χ4n) is 2.04. The van der Waals surface area contributed by atoms with Crippen LogP contribution in [0.5, 0.6) is 0 Å². The maximum Gasteiger partial charge on any atom is 0.190 e. The topological polar surface area (TPSA) is 65.4 Å². The molecular weight excluding hydrogens is 200 g/mol. The molecule has 1 aromatic carbocycles. The number of H-pyrrole nitrogens is 1. The van der Waals surface area contributed by atoms with Crippen molar-refractivity contribution in [3.8, 4) is 17.3 Å². The smallest absolute Gasteiger partial charge is 0.190 e. The zero-order valence-corrected chi connectivity index (χ0v) is 9.50. The van der Waals surface area contributed by atoms with E-state index < -0.39 is 0 Å². The van der Waals surface area contributed by atoms with Crippen LogP contribution in [0.4, 0.5) is 0 Å². The number of nitrogens with one attached hydrogen (secondary N) is 1. The molecule has 0 aliphatic rings. The number of benzene rings is 1. The summed E-state index contributed by atoms with van der Waals surface area (Å²) in [6.07, 6.45) is 0. The fourth-order valence-corrected chi connectivity index (χ4v) is 2.04. The second kappa shape index (κ2) is 3.78. The molecule has 0 unspecified atom stereocenters. The molecule has 2 aromatic rings. The Bertz CT molecular complexity index is 552. The van der Waals surface area contributed by atoms with E-state index in [-0.39, 0.29) is 0 Å². The van der Waals surface area contributed by atoms with E-state index in [2.05, 4.69) is 34.5 Å². The van der Waals surface area contributed by atoms with Crippen molar-refractivity contribution in [2.45, 2.75) is 20.8 Å². The second-order valence-corrected chi connectivity index (χ2v) is 3.91. The zero-order valence-electron chi connectivity index (χ0n) is 9.50. The van der Waals surface area contributed by atoms with Gasteiger partial charge in [0.05, 0.1) is 0 Å². The Labute approximate surface area is 93.9 Å². The zero-order chi connectivity index (χ0) is 11.7. The molecule has 0 atom stereocenters. The van der Waals surface area contributed by atoms with Crippen LogP contribution < -0.4 is 0 Å². The fraction of sp³-hybridized carbons (Fsp3) is 0.250. The van der Waals surface area contributed by atoms with E-state index in [1.54, 1.807) is 0 Å². The van der Waals surface area contributed by atoms with Gasteiger partial charge in [0.25, 0.3) is 0 Å². The van der Waals surface area contributed by atoms with Crippen molar-refractivity contribution in [3.05, 3.63) is 34.5 Å². The SMILES string of the molecule is Cc1cc(C)c(-c2n[nH]nc2C#N)c(C)c1. The summed E-state index contributed by atoms with van der Waals surface area (Å²) in [5.41, 5.74) is 5.41. The van der Waals surface area contributed by atoms with Gasteiger partial charge < -0.3 is 0 Å². The number of hydrogen-bond donors (Lipinski definition) is 1. The van der Waals surface area contributed by atoms with Gasteiger partial charge >= 0.3 is 0 Å². The van der Waals surface area contributed by atoms with Gasteiger partial charge in [0.2, 0.25) is 0 Å². The van der Waals surface area contributed by atoms with Crippen LogP contribution in [-0.2, 0) is 0 Å². The Morgan fingerprint density at radius 1 is 1.12 bits per heavy atom. The van der Waals surface area contributed by atoms with Gasteiger partial charge in [0, 0.05) is 5.56 Å². The highest BCUT2D eigenvalue weighted by Crippen LogP contribution is 2.27. The van der Waals surface area contributed by atoms with Gasteiger partial charge in [-0.05, 0) is 31.9 Å². The summed E-state index contributed by atoms with van der Waals surface area (Å²) in [5.74, 6) is 0. The molecule has 0 aliphatic carbocycles. The van der Waals surface area contributed by atoms with E-state index in [1.807, 2.05) is 19.9 Å². The van der Waals surface area contributed by atoms with Gasteiger partial charge in [-0.25, -0.2) is 0 Å². The third-order valence-electron chi connectivity index (χ3n) is 2.57. The minimum atomic E-state index is 0.343. The highest BCUT2D eigenvalue weighted by atomic mass is 15.3. The van der Waals surface area contributed by atoms with E-state index in [0.717, 1.165) is 16.7 Å². The molecule has 0 saturated heterocycles. The van der Waals surface area contributed by atoms with Crippen molar-refractivity contribution in [2.24, 2.45) is 0 Å². The number of nitrogens with zero attached hydrogens (tertiary/aromatic N) is 3. The van der Waals surface area contributed by atoms with E-state index in [4.69, 9.17) is 5.26 Å². The molecule has 0 aliphatic heterocycles. The van der Waals surface area contributed by atoms with Crippen molar-refractivity contribution in [3.63, 3.8) is 0 Å². The largest absolute Gasteiger partial charge is 0.196 e. The maximum absolute atomic E-state index is 8.93. The molecule has 2 rings (SSSR count). The molecule has 0 saturated carbocycles. The molecule has 0 fully saturated rings. The Hall–Kier alpha value is -2.15. The van der Waals surface area contributed by atoms with Crippen molar-refractivity contribution in [1.29, 1.82) is 5.26 Å². The molecule has 0 radical (unpaired) electrons. The van der Waals surface area contributed by atoms with Gasteiger partial charge in [0.15, 0.2) is 5.69 Å². The second-order valence-electron chi connectivity index (χ2n) is 3.91. The predicted octanol–water partition coefficient (Wildman–Crippen LogP) is 2.27. The van der Waals surface area contributed by atoms with Crippen molar-refractivity contribution >= 4 is 0 Å². The van der Waals surface area contributed by atoms with Crippen LogP contribution in [-0.4, -0.2) is 15.4 Å². The van der Waals surface area contributed by atoms with Crippen molar-refractivity contribution in [2.75, 3.05) is 0 Å². The standard InChI is InChI=1S/C12H12N4/c1-7-4-8(2)11(9(3)5-7)12-10(6-13)14-16-15-12/h4-5H,1-3H3,(H,14,15,16). The van der Waals surface area contributed by atoms with E-state index in [0.29, 0.717) is 11.4 Å². The molecular formula is C12H12N4. The highest BCUT2D eigenvalue weighted by Gasteiger charge is 2.14. The molecule has 1 aromatic heterocycles. The minimum absolute atomic E-state index is 0.343. The quantitative estimate of drug-likeness (QED) is 0.788. The normalized spacial score (nSPS) is 10.1. The molecule has 0 spiro atoms. The molecule has 16 heavy (non-hydrogen) atoms. The van der Waals surface area contributed by atoms with Crippen LogP contribution in [0.2, 0.25) is 0 Å². The van der Waals surface area contributed by atoms with Gasteiger partial charge in [-0.15, -0.1) is 5.10 Å². The lowest BCUT2D eigenvalue weighted by molar-refractivity contribution is 0.936. The average molecular weight is 212 g/mol. The summed E-state index contributed by atoms with van der Waals surface area (Å²) < 4.78 is 0. The summed E-state index contributed by atoms with van der Waals surface area (Å²) >= 11 is 0. The molecule has 0 bridgehead atoms. The number of hydrogen-bond acceptors (Lipinski definition) is 3. The first-order valence-electron chi connectivity index (χ1n) is 5.02. The van der Waals surface area contributed by atoms with Crippen LogP contribution in [0, 0.1) is 32.1 Å². The lowest BCUT2D eigenvalue weighted by atomic mass is 9.96. The first kappa shape index (κ1) is 10.4. The van der Waals surface area contributed by atoms with Crippen molar-refractivity contribution in [1.82, 2.24) is 15.4 Å². The van der Waals surface area contributed by atoms with Crippen LogP contribution in [0.1, 0.15) is 22.4 Å². The molecule has 0 amide bonds. The van der Waals surface area contributed by atoms with Gasteiger partial charge in [-0.3, -0.25) is 0 Å². The average Bonchev–Trinajstić information content (AvgIpc) is 2.64. The van der Waals surface area contributed by atoms with Gasteiger partial charge in [0.1, 0.15) is 11.8 Å². The number of rotatable bonds is 1. The molecule has 1 N–H and O–H groups in total. The van der Waals surface area contributed by atoms with Gasteiger partial charge in [-0.2, -0.15) is 15.6 Å². The summed E-state index contributed by atoms with van der Waals surface area (Å²) in [4.78, 5) is 0. The van der Waals surface area contributed by atoms with E-state index >= 15 is 0 Å². The first-order chi connectivity index (χ1) is 7.63. The first-order valence-corrected chi connectivity index (χ1v) is 5.02. The Morgan fingerprint density at radius 2 is 1.75 bits per heavy atom. The number of nitriles is 1.